The SMILES string of the molecule is CC[C@H]1CCC[C@@H](CN2CCN(CC#N)CC2)C1. The van der Waals surface area contributed by atoms with Gasteiger partial charge in [0.05, 0.1) is 12.6 Å². The van der Waals surface area contributed by atoms with Crippen LogP contribution >= 0.6 is 0 Å². The van der Waals surface area contributed by atoms with E-state index in [-0.39, 0.29) is 0 Å². The van der Waals surface area contributed by atoms with Gasteiger partial charge in [-0.3, -0.25) is 4.90 Å². The van der Waals surface area contributed by atoms with E-state index in [2.05, 4.69) is 22.8 Å². The zero-order valence-electron chi connectivity index (χ0n) is 11.8. The number of nitrogens with zero attached hydrogens (tertiary/aromatic N) is 3. The van der Waals surface area contributed by atoms with Gasteiger partial charge in [0, 0.05) is 32.7 Å². The lowest BCUT2D eigenvalue weighted by Crippen LogP contribution is -2.48. The summed E-state index contributed by atoms with van der Waals surface area (Å²) in [7, 11) is 0. The van der Waals surface area contributed by atoms with E-state index in [0.717, 1.165) is 38.0 Å². The van der Waals surface area contributed by atoms with Crippen LogP contribution in [0.4, 0.5) is 0 Å². The maximum atomic E-state index is 8.70. The molecule has 0 aromatic carbocycles. The van der Waals surface area contributed by atoms with Crippen molar-refractivity contribution in [2.24, 2.45) is 11.8 Å². The predicted octanol–water partition coefficient (Wildman–Crippen LogP) is 2.34. The molecule has 1 saturated heterocycles. The van der Waals surface area contributed by atoms with Crippen LogP contribution in [0.1, 0.15) is 39.0 Å². The van der Waals surface area contributed by atoms with Crippen molar-refractivity contribution in [1.82, 2.24) is 9.80 Å². The van der Waals surface area contributed by atoms with Gasteiger partial charge < -0.3 is 4.90 Å². The van der Waals surface area contributed by atoms with E-state index in [1.54, 1.807) is 0 Å². The fourth-order valence-electron chi connectivity index (χ4n) is 3.53. The first-order chi connectivity index (χ1) is 8.81. The summed E-state index contributed by atoms with van der Waals surface area (Å²) in [5.41, 5.74) is 0. The Kier molecular flexibility index (Phi) is 5.46. The molecule has 0 N–H and O–H groups in total. The number of nitriles is 1. The van der Waals surface area contributed by atoms with Gasteiger partial charge in [-0.15, -0.1) is 0 Å². The molecule has 2 rings (SSSR count). The fourth-order valence-corrected chi connectivity index (χ4v) is 3.53. The Labute approximate surface area is 112 Å². The highest BCUT2D eigenvalue weighted by atomic mass is 15.3. The van der Waals surface area contributed by atoms with E-state index in [4.69, 9.17) is 5.26 Å². The molecule has 0 unspecified atom stereocenters. The third kappa shape index (κ3) is 3.96. The molecule has 3 nitrogen and oxygen atoms in total. The summed E-state index contributed by atoms with van der Waals surface area (Å²) in [6.45, 7) is 8.73. The molecule has 0 bridgehead atoms. The molecule has 1 aliphatic carbocycles. The highest BCUT2D eigenvalue weighted by Crippen LogP contribution is 2.31. The molecular formula is C15H27N3. The maximum Gasteiger partial charge on any atom is 0.0866 e. The Bertz CT molecular complexity index is 276. The van der Waals surface area contributed by atoms with E-state index in [9.17, 15) is 0 Å². The van der Waals surface area contributed by atoms with Gasteiger partial charge in [0.2, 0.25) is 0 Å². The van der Waals surface area contributed by atoms with Gasteiger partial charge in [-0.05, 0) is 24.7 Å². The highest BCUT2D eigenvalue weighted by molar-refractivity contribution is 4.82. The number of hydrogen-bond donors (Lipinski definition) is 0. The molecule has 0 spiro atoms. The van der Waals surface area contributed by atoms with Gasteiger partial charge in [-0.25, -0.2) is 0 Å². The standard InChI is InChI=1S/C15H27N3/c1-2-14-4-3-5-15(12-14)13-18-10-8-17(7-6-16)9-11-18/h14-15H,2-5,7-13H2,1H3/t14-,15+/m0/s1. The molecule has 0 amide bonds. The largest absolute Gasteiger partial charge is 0.301 e. The van der Waals surface area contributed by atoms with Crippen molar-refractivity contribution < 1.29 is 0 Å². The van der Waals surface area contributed by atoms with Gasteiger partial charge in [-0.1, -0.05) is 26.2 Å². The van der Waals surface area contributed by atoms with Crippen molar-refractivity contribution in [2.45, 2.75) is 39.0 Å². The topological polar surface area (TPSA) is 30.3 Å². The Morgan fingerprint density at radius 1 is 1.06 bits per heavy atom. The van der Waals surface area contributed by atoms with Crippen LogP contribution in [0.15, 0.2) is 0 Å². The number of rotatable bonds is 4. The van der Waals surface area contributed by atoms with E-state index in [1.807, 2.05) is 0 Å². The summed E-state index contributed by atoms with van der Waals surface area (Å²) in [5.74, 6) is 1.93. The van der Waals surface area contributed by atoms with Crippen LogP contribution < -0.4 is 0 Å². The molecule has 1 aliphatic heterocycles. The van der Waals surface area contributed by atoms with E-state index in [0.29, 0.717) is 6.54 Å². The van der Waals surface area contributed by atoms with Gasteiger partial charge in [0.1, 0.15) is 0 Å². The molecule has 0 radical (unpaired) electrons. The lowest BCUT2D eigenvalue weighted by atomic mass is 9.80. The van der Waals surface area contributed by atoms with Crippen LogP contribution in [0.25, 0.3) is 0 Å². The third-order valence-electron chi connectivity index (χ3n) is 4.74. The smallest absolute Gasteiger partial charge is 0.0866 e. The average Bonchev–Trinajstić information content (AvgIpc) is 2.42. The van der Waals surface area contributed by atoms with E-state index in [1.165, 1.54) is 38.6 Å². The van der Waals surface area contributed by atoms with E-state index < -0.39 is 0 Å². The predicted molar refractivity (Wildman–Crippen MR) is 74.2 cm³/mol. The van der Waals surface area contributed by atoms with Crippen LogP contribution in [-0.2, 0) is 0 Å². The average molecular weight is 249 g/mol. The molecule has 1 heterocycles. The maximum absolute atomic E-state index is 8.70. The van der Waals surface area contributed by atoms with Crippen LogP contribution in [0.5, 0.6) is 0 Å². The Morgan fingerprint density at radius 3 is 2.39 bits per heavy atom. The zero-order valence-corrected chi connectivity index (χ0v) is 11.8. The Hall–Kier alpha value is -0.590. The van der Waals surface area contributed by atoms with Gasteiger partial charge in [0.25, 0.3) is 0 Å². The second kappa shape index (κ2) is 7.11. The molecule has 1 saturated carbocycles. The van der Waals surface area contributed by atoms with Crippen molar-refractivity contribution in [2.75, 3.05) is 39.3 Å². The molecule has 2 aliphatic rings. The lowest BCUT2D eigenvalue weighted by Gasteiger charge is -2.37. The van der Waals surface area contributed by atoms with Crippen LogP contribution in [0.2, 0.25) is 0 Å². The molecule has 0 aromatic rings. The van der Waals surface area contributed by atoms with Crippen molar-refractivity contribution >= 4 is 0 Å². The first-order valence-corrected chi connectivity index (χ1v) is 7.63. The molecular weight excluding hydrogens is 222 g/mol. The zero-order chi connectivity index (χ0) is 12.8. The van der Waals surface area contributed by atoms with Crippen LogP contribution in [0.3, 0.4) is 0 Å². The number of hydrogen-bond acceptors (Lipinski definition) is 3. The highest BCUT2D eigenvalue weighted by Gasteiger charge is 2.24. The van der Waals surface area contributed by atoms with Crippen LogP contribution in [0, 0.1) is 23.2 Å². The minimum Gasteiger partial charge on any atom is -0.301 e. The third-order valence-corrected chi connectivity index (χ3v) is 4.74. The molecule has 18 heavy (non-hydrogen) atoms. The van der Waals surface area contributed by atoms with Crippen molar-refractivity contribution in [3.63, 3.8) is 0 Å². The van der Waals surface area contributed by atoms with Gasteiger partial charge in [0.15, 0.2) is 0 Å². The van der Waals surface area contributed by atoms with Crippen molar-refractivity contribution in [1.29, 1.82) is 5.26 Å². The molecule has 2 atom stereocenters. The fraction of sp³-hybridized carbons (Fsp3) is 0.933. The normalized spacial score (nSPS) is 31.1. The quantitative estimate of drug-likeness (QED) is 0.716. The summed E-state index contributed by atoms with van der Waals surface area (Å²) in [6, 6.07) is 2.25. The molecule has 2 fully saturated rings. The summed E-state index contributed by atoms with van der Waals surface area (Å²) < 4.78 is 0. The number of piperazine rings is 1. The monoisotopic (exact) mass is 249 g/mol. The first-order valence-electron chi connectivity index (χ1n) is 7.63. The second-order valence-electron chi connectivity index (χ2n) is 6.04. The Morgan fingerprint density at radius 2 is 1.72 bits per heavy atom. The lowest BCUT2D eigenvalue weighted by molar-refractivity contribution is 0.109. The summed E-state index contributed by atoms with van der Waals surface area (Å²) in [6.07, 6.45) is 7.16. The Balaban J connectivity index is 1.69. The molecule has 102 valence electrons. The molecule has 0 aromatic heterocycles. The van der Waals surface area contributed by atoms with Gasteiger partial charge >= 0.3 is 0 Å². The van der Waals surface area contributed by atoms with Crippen molar-refractivity contribution in [3.8, 4) is 6.07 Å². The van der Waals surface area contributed by atoms with Crippen molar-refractivity contribution in [3.05, 3.63) is 0 Å². The van der Waals surface area contributed by atoms with Gasteiger partial charge in [-0.2, -0.15) is 5.26 Å². The van der Waals surface area contributed by atoms with Crippen LogP contribution in [-0.4, -0.2) is 49.1 Å². The first kappa shape index (κ1) is 13.8. The summed E-state index contributed by atoms with van der Waals surface area (Å²) in [5, 5.41) is 8.70. The van der Waals surface area contributed by atoms with E-state index >= 15 is 0 Å². The summed E-state index contributed by atoms with van der Waals surface area (Å²) >= 11 is 0. The second-order valence-corrected chi connectivity index (χ2v) is 6.04. The minimum absolute atomic E-state index is 0.606. The minimum atomic E-state index is 0.606. The molecule has 3 heteroatoms. The summed E-state index contributed by atoms with van der Waals surface area (Å²) in [4.78, 5) is 4.89.